The van der Waals surface area contributed by atoms with E-state index >= 15 is 0 Å². The topological polar surface area (TPSA) is 50.2 Å². The summed E-state index contributed by atoms with van der Waals surface area (Å²) in [5, 5.41) is 7.84. The summed E-state index contributed by atoms with van der Waals surface area (Å²) in [5.74, 6) is 0.0522. The van der Waals surface area contributed by atoms with Gasteiger partial charge in [0.05, 0.1) is 11.4 Å². The number of piperazine rings is 1. The van der Waals surface area contributed by atoms with E-state index < -0.39 is 0 Å². The lowest BCUT2D eigenvalue weighted by Crippen LogP contribution is -2.49. The van der Waals surface area contributed by atoms with E-state index in [0.717, 1.165) is 35.7 Å². The van der Waals surface area contributed by atoms with Gasteiger partial charge in [-0.3, -0.25) is 9.69 Å². The Balaban J connectivity index is 1.66. The summed E-state index contributed by atoms with van der Waals surface area (Å²) >= 11 is 0. The molecule has 0 bridgehead atoms. The van der Waals surface area contributed by atoms with E-state index in [1.807, 2.05) is 41.9 Å². The van der Waals surface area contributed by atoms with Crippen LogP contribution in [0.3, 0.4) is 0 Å². The predicted octanol–water partition coefficient (Wildman–Crippen LogP) is 4.46. The molecule has 5 nitrogen and oxygen atoms in total. The molecular formula is C26H32N4O. The highest BCUT2D eigenvalue weighted by molar-refractivity contribution is 5.84. The lowest BCUT2D eigenvalue weighted by atomic mass is 9.86. The minimum Gasteiger partial charge on any atom is -0.353 e. The number of para-hydroxylation sites is 1. The van der Waals surface area contributed by atoms with E-state index in [4.69, 9.17) is 5.10 Å². The van der Waals surface area contributed by atoms with Gasteiger partial charge in [-0.2, -0.15) is 5.10 Å². The van der Waals surface area contributed by atoms with Crippen molar-refractivity contribution in [2.45, 2.75) is 52.6 Å². The third-order valence-corrected chi connectivity index (χ3v) is 6.14. The number of carbonyl (C=O) groups excluding carboxylic acids is 1. The van der Waals surface area contributed by atoms with Gasteiger partial charge in [0.1, 0.15) is 6.04 Å². The zero-order valence-corrected chi connectivity index (χ0v) is 19.1. The Kier molecular flexibility index (Phi) is 5.71. The third kappa shape index (κ3) is 4.28. The van der Waals surface area contributed by atoms with Crippen LogP contribution in [-0.2, 0) is 16.8 Å². The first-order valence-corrected chi connectivity index (χ1v) is 11.0. The molecule has 1 atom stereocenters. The monoisotopic (exact) mass is 416 g/mol. The molecule has 1 aliphatic heterocycles. The molecule has 162 valence electrons. The van der Waals surface area contributed by atoms with E-state index in [-0.39, 0.29) is 17.4 Å². The largest absolute Gasteiger partial charge is 0.353 e. The van der Waals surface area contributed by atoms with E-state index in [0.29, 0.717) is 6.54 Å². The molecule has 5 heteroatoms. The van der Waals surface area contributed by atoms with Crippen molar-refractivity contribution in [2.24, 2.45) is 0 Å². The first kappa shape index (κ1) is 21.3. The number of carbonyl (C=O) groups is 1. The van der Waals surface area contributed by atoms with Gasteiger partial charge in [0.2, 0.25) is 5.91 Å². The smallest absolute Gasteiger partial charge is 0.242 e. The molecule has 1 amide bonds. The van der Waals surface area contributed by atoms with Crippen LogP contribution in [0.4, 0.5) is 0 Å². The molecule has 0 saturated carbocycles. The lowest BCUT2D eigenvalue weighted by Gasteiger charge is -2.35. The van der Waals surface area contributed by atoms with Gasteiger partial charge in [0.15, 0.2) is 0 Å². The third-order valence-electron chi connectivity index (χ3n) is 6.14. The molecule has 1 fully saturated rings. The average Bonchev–Trinajstić information content (AvgIpc) is 3.03. The Morgan fingerprint density at radius 1 is 1.03 bits per heavy atom. The minimum absolute atomic E-state index is 0.0522. The molecule has 4 rings (SSSR count). The molecule has 2 aromatic carbocycles. The number of aromatic nitrogens is 2. The SMILES string of the molecule is Cc1nn(-c2ccccc2)c(C)c1C1C(=O)NCCN1Cc1ccc(C(C)(C)C)cc1. The molecule has 0 spiro atoms. The molecule has 0 aliphatic carbocycles. The van der Waals surface area contributed by atoms with E-state index in [1.165, 1.54) is 11.1 Å². The van der Waals surface area contributed by atoms with Gasteiger partial charge in [0.25, 0.3) is 0 Å². The molecule has 3 aromatic rings. The summed E-state index contributed by atoms with van der Waals surface area (Å²) in [6.45, 7) is 12.9. The summed E-state index contributed by atoms with van der Waals surface area (Å²) in [4.78, 5) is 15.3. The van der Waals surface area contributed by atoms with Crippen LogP contribution in [0.1, 0.15) is 54.9 Å². The summed E-state index contributed by atoms with van der Waals surface area (Å²) < 4.78 is 1.95. The molecule has 31 heavy (non-hydrogen) atoms. The van der Waals surface area contributed by atoms with Crippen molar-refractivity contribution >= 4 is 5.91 Å². The van der Waals surface area contributed by atoms with Crippen LogP contribution in [0.15, 0.2) is 54.6 Å². The fraction of sp³-hybridized carbons (Fsp3) is 0.385. The number of benzene rings is 2. The normalized spacial score (nSPS) is 17.6. The maximum atomic E-state index is 13.0. The number of hydrogen-bond acceptors (Lipinski definition) is 3. The fourth-order valence-corrected chi connectivity index (χ4v) is 4.41. The summed E-state index contributed by atoms with van der Waals surface area (Å²) in [7, 11) is 0. The molecule has 1 N–H and O–H groups in total. The quantitative estimate of drug-likeness (QED) is 0.683. The van der Waals surface area contributed by atoms with Crippen molar-refractivity contribution in [3.05, 3.63) is 82.7 Å². The van der Waals surface area contributed by atoms with Gasteiger partial charge in [-0.25, -0.2) is 4.68 Å². The zero-order valence-electron chi connectivity index (χ0n) is 19.1. The van der Waals surface area contributed by atoms with Crippen LogP contribution < -0.4 is 5.32 Å². The van der Waals surface area contributed by atoms with Crippen molar-refractivity contribution in [3.8, 4) is 5.69 Å². The van der Waals surface area contributed by atoms with Gasteiger partial charge in [-0.1, -0.05) is 63.2 Å². The van der Waals surface area contributed by atoms with Crippen molar-refractivity contribution in [2.75, 3.05) is 13.1 Å². The first-order chi connectivity index (χ1) is 14.8. The first-order valence-electron chi connectivity index (χ1n) is 11.0. The molecule has 2 heterocycles. The van der Waals surface area contributed by atoms with Crippen LogP contribution in [0, 0.1) is 13.8 Å². The van der Waals surface area contributed by atoms with E-state index in [1.54, 1.807) is 0 Å². The highest BCUT2D eigenvalue weighted by Gasteiger charge is 2.35. The average molecular weight is 417 g/mol. The Labute approximate surface area is 185 Å². The second kappa shape index (κ2) is 8.31. The molecule has 0 radical (unpaired) electrons. The zero-order chi connectivity index (χ0) is 22.2. The highest BCUT2D eigenvalue weighted by Crippen LogP contribution is 2.31. The minimum atomic E-state index is -0.339. The molecule has 1 aliphatic rings. The van der Waals surface area contributed by atoms with Gasteiger partial charge in [0, 0.05) is 30.9 Å². The van der Waals surface area contributed by atoms with Gasteiger partial charge < -0.3 is 5.32 Å². The van der Waals surface area contributed by atoms with Crippen LogP contribution in [0.25, 0.3) is 5.69 Å². The van der Waals surface area contributed by atoms with Gasteiger partial charge in [-0.05, 0) is 42.5 Å². The van der Waals surface area contributed by atoms with Crippen LogP contribution >= 0.6 is 0 Å². The predicted molar refractivity (Wildman–Crippen MR) is 124 cm³/mol. The van der Waals surface area contributed by atoms with Crippen LogP contribution in [-0.4, -0.2) is 33.7 Å². The van der Waals surface area contributed by atoms with Gasteiger partial charge >= 0.3 is 0 Å². The second-order valence-electron chi connectivity index (χ2n) is 9.44. The number of nitrogens with one attached hydrogen (secondary N) is 1. The molecular weight excluding hydrogens is 384 g/mol. The number of hydrogen-bond donors (Lipinski definition) is 1. The fourth-order valence-electron chi connectivity index (χ4n) is 4.41. The van der Waals surface area contributed by atoms with E-state index in [9.17, 15) is 4.79 Å². The maximum absolute atomic E-state index is 13.0. The lowest BCUT2D eigenvalue weighted by molar-refractivity contribution is -0.129. The summed E-state index contributed by atoms with van der Waals surface area (Å²) in [6.07, 6.45) is 0. The Morgan fingerprint density at radius 3 is 2.35 bits per heavy atom. The number of aryl methyl sites for hydroxylation is 1. The summed E-state index contributed by atoms with van der Waals surface area (Å²) in [6, 6.07) is 18.5. The Bertz CT molecular complexity index is 1060. The maximum Gasteiger partial charge on any atom is 0.242 e. The molecule has 1 saturated heterocycles. The Hall–Kier alpha value is -2.92. The van der Waals surface area contributed by atoms with Crippen molar-refractivity contribution in [1.82, 2.24) is 20.0 Å². The van der Waals surface area contributed by atoms with Gasteiger partial charge in [-0.15, -0.1) is 0 Å². The van der Waals surface area contributed by atoms with Crippen molar-refractivity contribution in [1.29, 1.82) is 0 Å². The standard InChI is InChI=1S/C26H32N4O/c1-18-23(19(2)30(28-18)22-9-7-6-8-10-22)24-25(31)27-15-16-29(24)17-20-11-13-21(14-12-20)26(3,4)5/h6-14,24H,15-17H2,1-5H3,(H,27,31). The number of amides is 1. The Morgan fingerprint density at radius 2 is 1.71 bits per heavy atom. The van der Waals surface area contributed by atoms with Crippen molar-refractivity contribution < 1.29 is 4.79 Å². The molecule has 1 aromatic heterocycles. The van der Waals surface area contributed by atoms with Crippen LogP contribution in [0.2, 0.25) is 0 Å². The second-order valence-corrected chi connectivity index (χ2v) is 9.44. The number of nitrogens with zero attached hydrogens (tertiary/aromatic N) is 3. The summed E-state index contributed by atoms with van der Waals surface area (Å²) in [5.41, 5.74) is 6.60. The molecule has 1 unspecified atom stereocenters. The number of rotatable bonds is 4. The highest BCUT2D eigenvalue weighted by atomic mass is 16.2. The van der Waals surface area contributed by atoms with E-state index in [2.05, 4.69) is 62.2 Å². The van der Waals surface area contributed by atoms with Crippen LogP contribution in [0.5, 0.6) is 0 Å². The van der Waals surface area contributed by atoms with Crippen molar-refractivity contribution in [3.63, 3.8) is 0 Å².